The summed E-state index contributed by atoms with van der Waals surface area (Å²) in [7, 11) is 0. The van der Waals surface area contributed by atoms with E-state index in [1.807, 2.05) is 16.8 Å². The molecule has 0 aliphatic rings. The first kappa shape index (κ1) is 14.3. The van der Waals surface area contributed by atoms with E-state index in [9.17, 15) is 9.90 Å². The van der Waals surface area contributed by atoms with Crippen LogP contribution in [0, 0.1) is 0 Å². The van der Waals surface area contributed by atoms with Crippen molar-refractivity contribution in [2.45, 2.75) is 12.8 Å². The number of aromatic hydroxyl groups is 1. The van der Waals surface area contributed by atoms with Crippen LogP contribution in [-0.4, -0.2) is 21.2 Å². The Labute approximate surface area is 130 Å². The molecule has 0 aliphatic heterocycles. The Balaban J connectivity index is 1.55. The quantitative estimate of drug-likeness (QED) is 0.755. The van der Waals surface area contributed by atoms with Crippen LogP contribution in [-0.2, 0) is 11.2 Å². The number of benzene rings is 1. The Morgan fingerprint density at radius 2 is 2.27 bits per heavy atom. The highest BCUT2D eigenvalue weighted by molar-refractivity contribution is 7.08. The lowest BCUT2D eigenvalue weighted by molar-refractivity contribution is -0.116. The first-order chi connectivity index (χ1) is 10.7. The van der Waals surface area contributed by atoms with Crippen LogP contribution in [0.25, 0.3) is 11.4 Å². The zero-order chi connectivity index (χ0) is 15.4. The Kier molecular flexibility index (Phi) is 4.15. The Hall–Kier alpha value is -2.67. The van der Waals surface area contributed by atoms with Gasteiger partial charge in [-0.3, -0.25) is 4.79 Å². The van der Waals surface area contributed by atoms with Gasteiger partial charge in [0.25, 0.3) is 0 Å². The fraction of sp³-hybridized carbons (Fsp3) is 0.133. The zero-order valence-corrected chi connectivity index (χ0v) is 12.3. The molecule has 0 aliphatic carbocycles. The molecule has 1 amide bonds. The average Bonchev–Trinajstić information content (AvgIpc) is 3.16. The number of nitrogens with zero attached hydrogens (tertiary/aromatic N) is 2. The van der Waals surface area contributed by atoms with Crippen LogP contribution in [0.15, 0.2) is 45.6 Å². The summed E-state index contributed by atoms with van der Waals surface area (Å²) in [6.07, 6.45) is 0.586. The van der Waals surface area contributed by atoms with Gasteiger partial charge in [0.2, 0.25) is 17.6 Å². The minimum Gasteiger partial charge on any atom is -0.508 e. The summed E-state index contributed by atoms with van der Waals surface area (Å²) in [6, 6.07) is 8.31. The Morgan fingerprint density at radius 1 is 1.36 bits per heavy atom. The molecule has 0 atom stereocenters. The van der Waals surface area contributed by atoms with E-state index >= 15 is 0 Å². The monoisotopic (exact) mass is 315 g/mol. The second-order valence-corrected chi connectivity index (χ2v) is 5.40. The smallest absolute Gasteiger partial charge is 0.227 e. The van der Waals surface area contributed by atoms with Crippen LogP contribution in [0.3, 0.4) is 0 Å². The van der Waals surface area contributed by atoms with Crippen molar-refractivity contribution in [3.63, 3.8) is 0 Å². The fourth-order valence-corrected chi connectivity index (χ4v) is 2.53. The number of aromatic nitrogens is 2. The highest BCUT2D eigenvalue weighted by Crippen LogP contribution is 2.19. The van der Waals surface area contributed by atoms with Gasteiger partial charge in [-0.05, 0) is 23.6 Å². The zero-order valence-electron chi connectivity index (χ0n) is 11.5. The molecule has 0 saturated heterocycles. The number of amides is 1. The Bertz CT molecular complexity index is 768. The SMILES string of the molecule is O=C(CCc1nc(-c2ccsc2)no1)Nc1cccc(O)c1. The number of phenols is 1. The molecule has 0 spiro atoms. The highest BCUT2D eigenvalue weighted by atomic mass is 32.1. The first-order valence-corrected chi connectivity index (χ1v) is 7.59. The summed E-state index contributed by atoms with van der Waals surface area (Å²) in [6.45, 7) is 0. The second kappa shape index (κ2) is 6.40. The molecule has 0 fully saturated rings. The molecule has 1 aromatic carbocycles. The van der Waals surface area contributed by atoms with E-state index in [0.717, 1.165) is 5.56 Å². The van der Waals surface area contributed by atoms with E-state index in [1.165, 1.54) is 6.07 Å². The molecule has 6 nitrogen and oxygen atoms in total. The minimum atomic E-state index is -0.180. The maximum atomic E-state index is 11.9. The van der Waals surface area contributed by atoms with E-state index < -0.39 is 0 Å². The molecule has 2 N–H and O–H groups in total. The summed E-state index contributed by atoms with van der Waals surface area (Å²) in [5.41, 5.74) is 1.46. The Morgan fingerprint density at radius 3 is 3.05 bits per heavy atom. The molecule has 7 heteroatoms. The topological polar surface area (TPSA) is 88.2 Å². The predicted molar refractivity (Wildman–Crippen MR) is 82.7 cm³/mol. The van der Waals surface area contributed by atoms with Crippen molar-refractivity contribution in [3.8, 4) is 17.1 Å². The summed E-state index contributed by atoms with van der Waals surface area (Å²) in [5.74, 6) is 0.882. The molecule has 2 heterocycles. The molecular weight excluding hydrogens is 302 g/mol. The molecule has 0 unspecified atom stereocenters. The van der Waals surface area contributed by atoms with Crippen molar-refractivity contribution < 1.29 is 14.4 Å². The number of rotatable bonds is 5. The number of hydrogen-bond donors (Lipinski definition) is 2. The molecule has 0 saturated carbocycles. The number of anilines is 1. The van der Waals surface area contributed by atoms with Crippen LogP contribution in [0.4, 0.5) is 5.69 Å². The van der Waals surface area contributed by atoms with Gasteiger partial charge in [0.1, 0.15) is 5.75 Å². The maximum Gasteiger partial charge on any atom is 0.227 e. The number of phenolic OH excluding ortho intramolecular Hbond substituents is 1. The molecule has 22 heavy (non-hydrogen) atoms. The number of nitrogens with one attached hydrogen (secondary N) is 1. The number of carbonyl (C=O) groups is 1. The van der Waals surface area contributed by atoms with Crippen molar-refractivity contribution in [2.24, 2.45) is 0 Å². The lowest BCUT2D eigenvalue weighted by Crippen LogP contribution is -2.12. The van der Waals surface area contributed by atoms with Crippen LogP contribution < -0.4 is 5.32 Å². The molecule has 0 radical (unpaired) electrons. The summed E-state index contributed by atoms with van der Waals surface area (Å²) < 4.78 is 5.13. The fourth-order valence-electron chi connectivity index (χ4n) is 1.89. The van der Waals surface area contributed by atoms with Gasteiger partial charge in [-0.2, -0.15) is 16.3 Å². The third kappa shape index (κ3) is 3.50. The van der Waals surface area contributed by atoms with Crippen LogP contribution in [0.5, 0.6) is 5.75 Å². The standard InChI is InChI=1S/C15H13N3O3S/c19-12-3-1-2-11(8-12)16-13(20)4-5-14-17-15(18-21-14)10-6-7-22-9-10/h1-3,6-9,19H,4-5H2,(H,16,20). The van der Waals surface area contributed by atoms with Gasteiger partial charge in [-0.1, -0.05) is 11.2 Å². The average molecular weight is 315 g/mol. The van der Waals surface area contributed by atoms with Crippen molar-refractivity contribution in [2.75, 3.05) is 5.32 Å². The lowest BCUT2D eigenvalue weighted by atomic mass is 10.2. The number of carbonyl (C=O) groups excluding carboxylic acids is 1. The third-order valence-electron chi connectivity index (χ3n) is 2.94. The number of thiophene rings is 1. The first-order valence-electron chi connectivity index (χ1n) is 6.65. The van der Waals surface area contributed by atoms with Gasteiger partial charge in [0.15, 0.2) is 0 Å². The van der Waals surface area contributed by atoms with Crippen LogP contribution in [0.1, 0.15) is 12.3 Å². The van der Waals surface area contributed by atoms with E-state index in [2.05, 4.69) is 15.5 Å². The second-order valence-electron chi connectivity index (χ2n) is 4.62. The van der Waals surface area contributed by atoms with Crippen molar-refractivity contribution in [1.82, 2.24) is 10.1 Å². The highest BCUT2D eigenvalue weighted by Gasteiger charge is 2.11. The van der Waals surface area contributed by atoms with Gasteiger partial charge < -0.3 is 14.9 Å². The summed E-state index contributed by atoms with van der Waals surface area (Å²) in [4.78, 5) is 16.1. The maximum absolute atomic E-state index is 11.9. The number of aryl methyl sites for hydroxylation is 1. The molecule has 3 rings (SSSR count). The summed E-state index contributed by atoms with van der Waals surface area (Å²) in [5, 5.41) is 19.8. The van der Waals surface area contributed by atoms with Crippen LogP contribution in [0.2, 0.25) is 0 Å². The molecule has 3 aromatic rings. The largest absolute Gasteiger partial charge is 0.508 e. The molecular formula is C15H13N3O3S. The van der Waals surface area contributed by atoms with Gasteiger partial charge in [-0.15, -0.1) is 0 Å². The van der Waals surface area contributed by atoms with Crippen molar-refractivity contribution in [3.05, 3.63) is 47.0 Å². The molecule has 112 valence electrons. The van der Waals surface area contributed by atoms with Crippen molar-refractivity contribution >= 4 is 22.9 Å². The predicted octanol–water partition coefficient (Wildman–Crippen LogP) is 3.08. The minimum absolute atomic E-state index is 0.107. The number of hydrogen-bond acceptors (Lipinski definition) is 6. The van der Waals surface area contributed by atoms with Gasteiger partial charge >= 0.3 is 0 Å². The van der Waals surface area contributed by atoms with Crippen molar-refractivity contribution in [1.29, 1.82) is 0 Å². The molecule has 2 aromatic heterocycles. The van der Waals surface area contributed by atoms with Gasteiger partial charge in [-0.25, -0.2) is 0 Å². The van der Waals surface area contributed by atoms with Gasteiger partial charge in [0, 0.05) is 35.5 Å². The van der Waals surface area contributed by atoms with E-state index in [-0.39, 0.29) is 18.1 Å². The normalized spacial score (nSPS) is 10.5. The molecule has 0 bridgehead atoms. The lowest BCUT2D eigenvalue weighted by Gasteiger charge is -2.04. The third-order valence-corrected chi connectivity index (χ3v) is 3.63. The van der Waals surface area contributed by atoms with Gasteiger partial charge in [0.05, 0.1) is 0 Å². The van der Waals surface area contributed by atoms with E-state index in [0.29, 0.717) is 23.8 Å². The van der Waals surface area contributed by atoms with Crippen LogP contribution >= 0.6 is 11.3 Å². The van der Waals surface area contributed by atoms with E-state index in [1.54, 1.807) is 29.5 Å². The van der Waals surface area contributed by atoms with E-state index in [4.69, 9.17) is 4.52 Å². The summed E-state index contributed by atoms with van der Waals surface area (Å²) >= 11 is 1.56.